The molecule has 1 aromatic carbocycles. The molecular weight excluding hydrogens is 382 g/mol. The Morgan fingerprint density at radius 3 is 2.48 bits per heavy atom. The van der Waals surface area contributed by atoms with E-state index in [2.05, 4.69) is 5.32 Å². The number of halogens is 1. The number of thioether (sulfide) groups is 1. The molecule has 0 aliphatic carbocycles. The van der Waals surface area contributed by atoms with Crippen molar-refractivity contribution in [1.29, 1.82) is 0 Å². The molecule has 3 rings (SSSR count). The van der Waals surface area contributed by atoms with E-state index in [1.54, 1.807) is 22.7 Å². The molecule has 140 valence electrons. The van der Waals surface area contributed by atoms with Gasteiger partial charge in [-0.3, -0.25) is 10.1 Å². The lowest BCUT2D eigenvalue weighted by Gasteiger charge is -2.35. The van der Waals surface area contributed by atoms with E-state index in [1.807, 2.05) is 26.0 Å². The third kappa shape index (κ3) is 4.31. The van der Waals surface area contributed by atoms with Gasteiger partial charge >= 0.3 is 0 Å². The van der Waals surface area contributed by atoms with Crippen molar-refractivity contribution in [2.75, 3.05) is 37.8 Å². The normalized spacial score (nSPS) is 21.8. The van der Waals surface area contributed by atoms with Gasteiger partial charge in [-0.25, -0.2) is 8.42 Å². The molecule has 1 aromatic rings. The van der Waals surface area contributed by atoms with Gasteiger partial charge in [0.2, 0.25) is 15.9 Å². The summed E-state index contributed by atoms with van der Waals surface area (Å²) in [7, 11) is -3.51. The maximum absolute atomic E-state index is 12.9. The van der Waals surface area contributed by atoms with Crippen molar-refractivity contribution in [2.45, 2.75) is 24.8 Å². The largest absolute Gasteiger partial charge is 0.339 e. The Hall–Kier alpha value is -0.800. The summed E-state index contributed by atoms with van der Waals surface area (Å²) >= 11 is 1.71. The summed E-state index contributed by atoms with van der Waals surface area (Å²) < 4.78 is 27.3. The van der Waals surface area contributed by atoms with E-state index in [0.717, 1.165) is 22.8 Å². The number of sulfonamides is 1. The number of nitrogens with one attached hydrogen (secondary N) is 1. The lowest BCUT2D eigenvalue weighted by Crippen LogP contribution is -2.54. The number of nitrogens with zero attached hydrogens (tertiary/aromatic N) is 2. The number of amides is 1. The van der Waals surface area contributed by atoms with E-state index in [0.29, 0.717) is 31.1 Å². The first-order valence-electron chi connectivity index (χ1n) is 8.07. The highest BCUT2D eigenvalue weighted by atomic mass is 35.5. The molecule has 6 nitrogen and oxygen atoms in total. The summed E-state index contributed by atoms with van der Waals surface area (Å²) in [6, 6.07) is 5.35. The minimum Gasteiger partial charge on any atom is -0.339 e. The minimum absolute atomic E-state index is 0. The van der Waals surface area contributed by atoms with E-state index in [9.17, 15) is 13.2 Å². The second-order valence-electron chi connectivity index (χ2n) is 6.27. The molecule has 0 aromatic heterocycles. The number of carbonyl (C=O) groups is 1. The molecule has 1 atom stereocenters. The molecule has 2 aliphatic rings. The Morgan fingerprint density at radius 1 is 1.20 bits per heavy atom. The average molecular weight is 406 g/mol. The zero-order chi connectivity index (χ0) is 17.3. The predicted molar refractivity (Wildman–Crippen MR) is 103 cm³/mol. The SMILES string of the molecule is Cc1ccc(C)c(S(=O)(=O)N2CCN(C(=O)C3CSCN3)CC2)c1.Cl. The minimum atomic E-state index is -3.51. The van der Waals surface area contributed by atoms with E-state index in [1.165, 1.54) is 4.31 Å². The van der Waals surface area contributed by atoms with Gasteiger partial charge in [-0.05, 0) is 31.0 Å². The number of rotatable bonds is 3. The zero-order valence-corrected chi connectivity index (χ0v) is 16.8. The molecule has 2 aliphatic heterocycles. The van der Waals surface area contributed by atoms with Gasteiger partial charge in [-0.15, -0.1) is 24.2 Å². The molecular formula is C16H24ClN3O3S2. The first-order chi connectivity index (χ1) is 11.4. The smallest absolute Gasteiger partial charge is 0.243 e. The zero-order valence-electron chi connectivity index (χ0n) is 14.4. The summed E-state index contributed by atoms with van der Waals surface area (Å²) in [5, 5.41) is 3.17. The van der Waals surface area contributed by atoms with Crippen LogP contribution in [0.3, 0.4) is 0 Å². The van der Waals surface area contributed by atoms with Crippen LogP contribution in [0, 0.1) is 13.8 Å². The Bertz CT molecular complexity index is 728. The first kappa shape index (κ1) is 20.5. The first-order valence-corrected chi connectivity index (χ1v) is 10.7. The van der Waals surface area contributed by atoms with Crippen LogP contribution in [0.25, 0.3) is 0 Å². The fourth-order valence-corrected chi connectivity index (χ4v) is 5.71. The highest BCUT2D eigenvalue weighted by Gasteiger charge is 2.34. The Kier molecular flexibility index (Phi) is 6.78. The van der Waals surface area contributed by atoms with E-state index in [4.69, 9.17) is 0 Å². The summed E-state index contributed by atoms with van der Waals surface area (Å²) in [5.74, 6) is 1.68. The third-order valence-corrected chi connectivity index (χ3v) is 7.51. The fraction of sp³-hybridized carbons (Fsp3) is 0.562. The molecule has 0 radical (unpaired) electrons. The van der Waals surface area contributed by atoms with Gasteiger partial charge in [0.15, 0.2) is 0 Å². The van der Waals surface area contributed by atoms with Gasteiger partial charge in [0, 0.05) is 37.8 Å². The lowest BCUT2D eigenvalue weighted by molar-refractivity contribution is -0.133. The van der Waals surface area contributed by atoms with Crippen molar-refractivity contribution in [3.05, 3.63) is 29.3 Å². The van der Waals surface area contributed by atoms with Crippen LogP contribution >= 0.6 is 24.2 Å². The molecule has 0 bridgehead atoms. The van der Waals surface area contributed by atoms with Crippen LogP contribution in [0.1, 0.15) is 11.1 Å². The monoisotopic (exact) mass is 405 g/mol. The Morgan fingerprint density at radius 2 is 1.88 bits per heavy atom. The fourth-order valence-electron chi connectivity index (χ4n) is 3.05. The Balaban J connectivity index is 0.00000225. The van der Waals surface area contributed by atoms with Gasteiger partial charge in [0.25, 0.3) is 0 Å². The number of hydrogen-bond acceptors (Lipinski definition) is 5. The molecule has 25 heavy (non-hydrogen) atoms. The Labute approximate surface area is 159 Å². The predicted octanol–water partition coefficient (Wildman–Crippen LogP) is 1.22. The summed E-state index contributed by atoms with van der Waals surface area (Å²) in [4.78, 5) is 14.6. The van der Waals surface area contributed by atoms with Crippen LogP contribution in [0.15, 0.2) is 23.1 Å². The van der Waals surface area contributed by atoms with Gasteiger partial charge in [-0.2, -0.15) is 4.31 Å². The highest BCUT2D eigenvalue weighted by molar-refractivity contribution is 7.99. The van der Waals surface area contributed by atoms with Gasteiger partial charge in [0.05, 0.1) is 10.9 Å². The van der Waals surface area contributed by atoms with Crippen molar-refractivity contribution in [2.24, 2.45) is 0 Å². The van der Waals surface area contributed by atoms with Crippen molar-refractivity contribution in [3.63, 3.8) is 0 Å². The van der Waals surface area contributed by atoms with E-state index in [-0.39, 0.29) is 24.4 Å². The van der Waals surface area contributed by atoms with Crippen molar-refractivity contribution < 1.29 is 13.2 Å². The highest BCUT2D eigenvalue weighted by Crippen LogP contribution is 2.23. The van der Waals surface area contributed by atoms with Crippen LogP contribution in [0.5, 0.6) is 0 Å². The summed E-state index contributed by atoms with van der Waals surface area (Å²) in [5.41, 5.74) is 1.68. The molecule has 2 fully saturated rings. The maximum atomic E-state index is 12.9. The van der Waals surface area contributed by atoms with Gasteiger partial charge in [-0.1, -0.05) is 12.1 Å². The second-order valence-corrected chi connectivity index (χ2v) is 9.21. The van der Waals surface area contributed by atoms with E-state index < -0.39 is 10.0 Å². The average Bonchev–Trinajstić information content (AvgIpc) is 3.11. The molecule has 9 heteroatoms. The van der Waals surface area contributed by atoms with Crippen molar-refractivity contribution >= 4 is 40.1 Å². The van der Waals surface area contributed by atoms with Gasteiger partial charge < -0.3 is 4.90 Å². The van der Waals surface area contributed by atoms with Crippen LogP contribution < -0.4 is 5.32 Å². The molecule has 1 amide bonds. The van der Waals surface area contributed by atoms with Gasteiger partial charge in [0.1, 0.15) is 0 Å². The van der Waals surface area contributed by atoms with Crippen molar-refractivity contribution in [3.8, 4) is 0 Å². The van der Waals surface area contributed by atoms with E-state index >= 15 is 0 Å². The number of aryl methyl sites for hydroxylation is 2. The van der Waals surface area contributed by atoms with Crippen LogP contribution in [-0.4, -0.2) is 67.4 Å². The number of piperazine rings is 1. The second kappa shape index (κ2) is 8.26. The molecule has 2 saturated heterocycles. The number of benzene rings is 1. The van der Waals surface area contributed by atoms with Crippen LogP contribution in [0.2, 0.25) is 0 Å². The molecule has 1 N–H and O–H groups in total. The standard InChI is InChI=1S/C16H23N3O3S2.ClH/c1-12-3-4-13(2)15(9-12)24(21,22)19-7-5-18(6-8-19)16(20)14-10-23-11-17-14;/h3-4,9,14,17H,5-8,10-11H2,1-2H3;1H. The topological polar surface area (TPSA) is 69.7 Å². The van der Waals surface area contributed by atoms with Crippen LogP contribution in [-0.2, 0) is 14.8 Å². The number of hydrogen-bond donors (Lipinski definition) is 1. The number of carbonyl (C=O) groups excluding carboxylic acids is 1. The van der Waals surface area contributed by atoms with Crippen molar-refractivity contribution in [1.82, 2.24) is 14.5 Å². The molecule has 2 heterocycles. The quantitative estimate of drug-likeness (QED) is 0.818. The molecule has 0 saturated carbocycles. The summed E-state index contributed by atoms with van der Waals surface area (Å²) in [6.45, 7) is 5.30. The molecule has 1 unspecified atom stereocenters. The third-order valence-electron chi connectivity index (χ3n) is 4.53. The maximum Gasteiger partial charge on any atom is 0.243 e. The summed E-state index contributed by atoms with van der Waals surface area (Å²) in [6.07, 6.45) is 0. The molecule has 0 spiro atoms. The van der Waals surface area contributed by atoms with Crippen LogP contribution in [0.4, 0.5) is 0 Å². The lowest BCUT2D eigenvalue weighted by atomic mass is 10.2.